The number of ether oxygens (including phenoxy) is 1. The van der Waals surface area contributed by atoms with Crippen LogP contribution in [0.15, 0.2) is 12.7 Å². The molecular formula is C10H16N2O3. The van der Waals surface area contributed by atoms with Crippen molar-refractivity contribution in [2.45, 2.75) is 12.8 Å². The molecule has 1 fully saturated rings. The van der Waals surface area contributed by atoms with E-state index < -0.39 is 6.09 Å². The van der Waals surface area contributed by atoms with Crippen LogP contribution < -0.4 is 10.6 Å². The number of alkyl carbamates (subject to hydrolysis) is 1. The fourth-order valence-electron chi connectivity index (χ4n) is 1.03. The molecule has 15 heavy (non-hydrogen) atoms. The highest BCUT2D eigenvalue weighted by Gasteiger charge is 2.28. The summed E-state index contributed by atoms with van der Waals surface area (Å²) < 4.78 is 4.68. The fourth-order valence-corrected chi connectivity index (χ4v) is 1.03. The molecule has 0 unspecified atom stereocenters. The monoisotopic (exact) mass is 212 g/mol. The third-order valence-electron chi connectivity index (χ3n) is 1.97. The van der Waals surface area contributed by atoms with Gasteiger partial charge in [0, 0.05) is 19.0 Å². The Labute approximate surface area is 88.9 Å². The van der Waals surface area contributed by atoms with Gasteiger partial charge in [-0.15, -0.1) is 0 Å². The third-order valence-corrected chi connectivity index (χ3v) is 1.97. The molecule has 5 heteroatoms. The van der Waals surface area contributed by atoms with Crippen molar-refractivity contribution in [1.29, 1.82) is 0 Å². The maximum Gasteiger partial charge on any atom is 0.407 e. The summed E-state index contributed by atoms with van der Waals surface area (Å²) in [6.07, 6.45) is 2.98. The molecule has 2 amide bonds. The quantitative estimate of drug-likeness (QED) is 0.495. The van der Waals surface area contributed by atoms with Gasteiger partial charge < -0.3 is 15.4 Å². The Hall–Kier alpha value is -1.52. The number of carbonyl (C=O) groups is 2. The van der Waals surface area contributed by atoms with Crippen LogP contribution in [-0.4, -0.2) is 31.7 Å². The van der Waals surface area contributed by atoms with Crippen LogP contribution in [0, 0.1) is 5.92 Å². The van der Waals surface area contributed by atoms with Crippen molar-refractivity contribution in [3.63, 3.8) is 0 Å². The van der Waals surface area contributed by atoms with Gasteiger partial charge in [0.2, 0.25) is 5.91 Å². The molecule has 1 aliphatic rings. The minimum absolute atomic E-state index is 0.0799. The Morgan fingerprint density at radius 2 is 2.00 bits per heavy atom. The molecule has 0 atom stereocenters. The van der Waals surface area contributed by atoms with Gasteiger partial charge in [0.05, 0.1) is 0 Å². The first-order chi connectivity index (χ1) is 7.24. The number of amides is 2. The summed E-state index contributed by atoms with van der Waals surface area (Å²) in [4.78, 5) is 22.1. The lowest BCUT2D eigenvalue weighted by atomic mass is 10.4. The number of hydrogen-bond donors (Lipinski definition) is 2. The fraction of sp³-hybridized carbons (Fsp3) is 0.600. The van der Waals surface area contributed by atoms with Crippen LogP contribution >= 0.6 is 0 Å². The zero-order valence-corrected chi connectivity index (χ0v) is 8.62. The van der Waals surface area contributed by atoms with E-state index in [0.717, 1.165) is 12.8 Å². The first kappa shape index (κ1) is 11.6. The van der Waals surface area contributed by atoms with Gasteiger partial charge in [-0.25, -0.2) is 4.79 Å². The van der Waals surface area contributed by atoms with E-state index in [-0.39, 0.29) is 18.4 Å². The van der Waals surface area contributed by atoms with Crippen LogP contribution in [0.3, 0.4) is 0 Å². The SMILES string of the molecule is C=CCOC(=O)NCCNC(=O)C1CC1. The highest BCUT2D eigenvalue weighted by molar-refractivity contribution is 5.80. The molecule has 5 nitrogen and oxygen atoms in total. The standard InChI is InChI=1S/C10H16N2O3/c1-2-7-15-10(14)12-6-5-11-9(13)8-3-4-8/h2,8H,1,3-7H2,(H,11,13)(H,12,14). The molecule has 1 saturated carbocycles. The normalized spacial score (nSPS) is 14.1. The van der Waals surface area contributed by atoms with E-state index in [0.29, 0.717) is 13.1 Å². The predicted molar refractivity (Wildman–Crippen MR) is 55.3 cm³/mol. The van der Waals surface area contributed by atoms with E-state index in [1.807, 2.05) is 0 Å². The van der Waals surface area contributed by atoms with Gasteiger partial charge in [0.25, 0.3) is 0 Å². The highest BCUT2D eigenvalue weighted by Crippen LogP contribution is 2.28. The van der Waals surface area contributed by atoms with Crippen molar-refractivity contribution in [3.8, 4) is 0 Å². The molecular weight excluding hydrogens is 196 g/mol. The lowest BCUT2D eigenvalue weighted by Gasteiger charge is -2.06. The van der Waals surface area contributed by atoms with Crippen LogP contribution in [0.2, 0.25) is 0 Å². The Bertz CT molecular complexity index is 249. The van der Waals surface area contributed by atoms with E-state index in [4.69, 9.17) is 0 Å². The molecule has 84 valence electrons. The second-order valence-corrected chi connectivity index (χ2v) is 3.38. The summed E-state index contributed by atoms with van der Waals surface area (Å²) in [5, 5.41) is 5.24. The van der Waals surface area contributed by atoms with Crippen molar-refractivity contribution in [2.24, 2.45) is 5.92 Å². The van der Waals surface area contributed by atoms with Gasteiger partial charge in [-0.1, -0.05) is 12.7 Å². The molecule has 0 aromatic heterocycles. The number of carbonyl (C=O) groups excluding carboxylic acids is 2. The van der Waals surface area contributed by atoms with Crippen LogP contribution in [0.25, 0.3) is 0 Å². The molecule has 0 saturated heterocycles. The molecule has 1 aliphatic carbocycles. The zero-order valence-electron chi connectivity index (χ0n) is 8.62. The largest absolute Gasteiger partial charge is 0.445 e. The van der Waals surface area contributed by atoms with E-state index in [9.17, 15) is 9.59 Å². The van der Waals surface area contributed by atoms with E-state index >= 15 is 0 Å². The second-order valence-electron chi connectivity index (χ2n) is 3.38. The maximum atomic E-state index is 11.2. The van der Waals surface area contributed by atoms with E-state index in [2.05, 4.69) is 21.9 Å². The summed E-state index contributed by atoms with van der Waals surface area (Å²) in [7, 11) is 0. The zero-order chi connectivity index (χ0) is 11.1. The van der Waals surface area contributed by atoms with Gasteiger partial charge in [-0.2, -0.15) is 0 Å². The van der Waals surface area contributed by atoms with Crippen molar-refractivity contribution in [2.75, 3.05) is 19.7 Å². The number of rotatable bonds is 6. The van der Waals surface area contributed by atoms with Crippen molar-refractivity contribution in [1.82, 2.24) is 10.6 Å². The Morgan fingerprint density at radius 1 is 1.33 bits per heavy atom. The molecule has 2 N–H and O–H groups in total. The Balaban J connectivity index is 1.93. The van der Waals surface area contributed by atoms with Gasteiger partial charge >= 0.3 is 6.09 Å². The Morgan fingerprint density at radius 3 is 2.60 bits per heavy atom. The predicted octanol–water partition coefficient (Wildman–Crippen LogP) is 0.425. The first-order valence-electron chi connectivity index (χ1n) is 5.03. The molecule has 0 radical (unpaired) electrons. The molecule has 0 heterocycles. The first-order valence-corrected chi connectivity index (χ1v) is 5.03. The molecule has 0 spiro atoms. The summed E-state index contributed by atoms with van der Waals surface area (Å²) >= 11 is 0. The van der Waals surface area contributed by atoms with E-state index in [1.165, 1.54) is 6.08 Å². The lowest BCUT2D eigenvalue weighted by molar-refractivity contribution is -0.122. The number of nitrogens with one attached hydrogen (secondary N) is 2. The van der Waals surface area contributed by atoms with Crippen LogP contribution in [0.5, 0.6) is 0 Å². The number of hydrogen-bond acceptors (Lipinski definition) is 3. The van der Waals surface area contributed by atoms with Gasteiger partial charge in [0.15, 0.2) is 0 Å². The molecule has 1 rings (SSSR count). The van der Waals surface area contributed by atoms with Gasteiger partial charge in [-0.3, -0.25) is 4.79 Å². The van der Waals surface area contributed by atoms with Gasteiger partial charge in [-0.05, 0) is 12.8 Å². The van der Waals surface area contributed by atoms with Crippen LogP contribution in [-0.2, 0) is 9.53 Å². The highest BCUT2D eigenvalue weighted by atomic mass is 16.5. The minimum atomic E-state index is -0.490. The van der Waals surface area contributed by atoms with Crippen molar-refractivity contribution < 1.29 is 14.3 Å². The summed E-state index contributed by atoms with van der Waals surface area (Å²) in [5.74, 6) is 0.286. The summed E-state index contributed by atoms with van der Waals surface area (Å²) in [6.45, 7) is 4.44. The smallest absolute Gasteiger partial charge is 0.407 e. The summed E-state index contributed by atoms with van der Waals surface area (Å²) in [6, 6.07) is 0. The maximum absolute atomic E-state index is 11.2. The van der Waals surface area contributed by atoms with Crippen molar-refractivity contribution in [3.05, 3.63) is 12.7 Å². The van der Waals surface area contributed by atoms with Crippen LogP contribution in [0.1, 0.15) is 12.8 Å². The topological polar surface area (TPSA) is 67.4 Å². The Kier molecular flexibility index (Phi) is 4.66. The minimum Gasteiger partial charge on any atom is -0.445 e. The average molecular weight is 212 g/mol. The van der Waals surface area contributed by atoms with Gasteiger partial charge in [0.1, 0.15) is 6.61 Å². The molecule has 0 aliphatic heterocycles. The average Bonchev–Trinajstić information content (AvgIpc) is 3.04. The summed E-state index contributed by atoms with van der Waals surface area (Å²) in [5.41, 5.74) is 0. The van der Waals surface area contributed by atoms with Crippen LogP contribution in [0.4, 0.5) is 4.79 Å². The second kappa shape index (κ2) is 6.06. The third kappa shape index (κ3) is 5.05. The lowest BCUT2D eigenvalue weighted by Crippen LogP contribution is -2.35. The molecule has 0 aromatic rings. The van der Waals surface area contributed by atoms with E-state index in [1.54, 1.807) is 0 Å². The molecule has 0 aromatic carbocycles. The van der Waals surface area contributed by atoms with Crippen molar-refractivity contribution >= 4 is 12.0 Å². The molecule has 0 bridgehead atoms.